The van der Waals surface area contributed by atoms with Crippen LogP contribution in [0.15, 0.2) is 12.1 Å². The summed E-state index contributed by atoms with van der Waals surface area (Å²) in [5, 5.41) is 7.38. The SMILES string of the molecule is CCN(CC)c1nc(C(F)(F)F)ccc1C(=N)N. The summed E-state index contributed by atoms with van der Waals surface area (Å²) in [7, 11) is 0. The van der Waals surface area contributed by atoms with Crippen molar-refractivity contribution in [2.45, 2.75) is 20.0 Å². The van der Waals surface area contributed by atoms with E-state index in [2.05, 4.69) is 4.98 Å². The molecule has 0 bridgehead atoms. The summed E-state index contributed by atoms with van der Waals surface area (Å²) in [6.07, 6.45) is -4.50. The summed E-state index contributed by atoms with van der Waals surface area (Å²) in [6, 6.07) is 2.02. The molecule has 1 aromatic rings. The first-order valence-corrected chi connectivity index (χ1v) is 5.48. The zero-order valence-corrected chi connectivity index (χ0v) is 10.2. The predicted molar refractivity (Wildman–Crippen MR) is 63.8 cm³/mol. The normalized spacial score (nSPS) is 11.4. The maximum Gasteiger partial charge on any atom is 0.433 e. The highest BCUT2D eigenvalue weighted by Crippen LogP contribution is 2.30. The Morgan fingerprint density at radius 1 is 1.33 bits per heavy atom. The number of amidine groups is 1. The van der Waals surface area contributed by atoms with E-state index in [0.29, 0.717) is 13.1 Å². The molecule has 0 fully saturated rings. The summed E-state index contributed by atoms with van der Waals surface area (Å²) in [6.45, 7) is 4.58. The van der Waals surface area contributed by atoms with E-state index in [9.17, 15) is 13.2 Å². The topological polar surface area (TPSA) is 66.0 Å². The van der Waals surface area contributed by atoms with E-state index in [1.54, 1.807) is 18.7 Å². The van der Waals surface area contributed by atoms with E-state index >= 15 is 0 Å². The molecule has 1 aromatic heterocycles. The standard InChI is InChI=1S/C11H15F3N4/c1-3-18(4-2)10-7(9(15)16)5-6-8(17-10)11(12,13)14/h5-6H,3-4H2,1-2H3,(H3,15,16). The van der Waals surface area contributed by atoms with Gasteiger partial charge in [0.2, 0.25) is 0 Å². The highest BCUT2D eigenvalue weighted by Gasteiger charge is 2.33. The van der Waals surface area contributed by atoms with Crippen LogP contribution < -0.4 is 10.6 Å². The number of hydrogen-bond acceptors (Lipinski definition) is 3. The largest absolute Gasteiger partial charge is 0.433 e. The first kappa shape index (κ1) is 14.3. The summed E-state index contributed by atoms with van der Waals surface area (Å²) in [4.78, 5) is 5.22. The lowest BCUT2D eigenvalue weighted by atomic mass is 10.2. The van der Waals surface area contributed by atoms with Crippen molar-refractivity contribution in [3.63, 3.8) is 0 Å². The van der Waals surface area contributed by atoms with E-state index in [1.165, 1.54) is 6.07 Å². The molecule has 0 aliphatic heterocycles. The zero-order chi connectivity index (χ0) is 13.9. The van der Waals surface area contributed by atoms with E-state index in [-0.39, 0.29) is 17.2 Å². The Labute approximate surface area is 103 Å². The van der Waals surface area contributed by atoms with Gasteiger partial charge in [-0.3, -0.25) is 5.41 Å². The van der Waals surface area contributed by atoms with Crippen molar-refractivity contribution in [1.82, 2.24) is 4.98 Å². The van der Waals surface area contributed by atoms with Crippen LogP contribution in [0.2, 0.25) is 0 Å². The Bertz CT molecular complexity index is 438. The molecule has 0 aliphatic rings. The van der Waals surface area contributed by atoms with Gasteiger partial charge in [-0.25, -0.2) is 4.98 Å². The van der Waals surface area contributed by atoms with Crippen LogP contribution in [0.3, 0.4) is 0 Å². The number of hydrogen-bond donors (Lipinski definition) is 2. The van der Waals surface area contributed by atoms with Gasteiger partial charge < -0.3 is 10.6 Å². The molecule has 0 aromatic carbocycles. The number of nitrogen functional groups attached to an aromatic ring is 1. The molecule has 0 unspecified atom stereocenters. The lowest BCUT2D eigenvalue weighted by molar-refractivity contribution is -0.141. The molecule has 0 aliphatic carbocycles. The fraction of sp³-hybridized carbons (Fsp3) is 0.455. The second kappa shape index (κ2) is 5.24. The molecule has 0 spiro atoms. The van der Waals surface area contributed by atoms with Gasteiger partial charge in [-0.2, -0.15) is 13.2 Å². The molecule has 7 heteroatoms. The van der Waals surface area contributed by atoms with Crippen molar-refractivity contribution in [3.05, 3.63) is 23.4 Å². The Morgan fingerprint density at radius 3 is 2.28 bits per heavy atom. The molecule has 1 rings (SSSR count). The fourth-order valence-corrected chi connectivity index (χ4v) is 1.58. The molecule has 3 N–H and O–H groups in total. The number of nitrogens with zero attached hydrogens (tertiary/aromatic N) is 2. The third-order valence-corrected chi connectivity index (χ3v) is 2.52. The quantitative estimate of drug-likeness (QED) is 0.644. The fourth-order valence-electron chi connectivity index (χ4n) is 1.58. The summed E-state index contributed by atoms with van der Waals surface area (Å²) < 4.78 is 37.8. The Hall–Kier alpha value is -1.79. The third kappa shape index (κ3) is 2.91. The number of aromatic nitrogens is 1. The van der Waals surface area contributed by atoms with Crippen LogP contribution in [0, 0.1) is 5.41 Å². The van der Waals surface area contributed by atoms with Crippen molar-refractivity contribution in [2.24, 2.45) is 5.73 Å². The lowest BCUT2D eigenvalue weighted by Gasteiger charge is -2.23. The highest BCUT2D eigenvalue weighted by molar-refractivity contribution is 5.99. The summed E-state index contributed by atoms with van der Waals surface area (Å²) in [5.41, 5.74) is 4.59. The van der Waals surface area contributed by atoms with Gasteiger partial charge in [0.1, 0.15) is 17.3 Å². The highest BCUT2D eigenvalue weighted by atomic mass is 19.4. The average molecular weight is 260 g/mol. The van der Waals surface area contributed by atoms with Crippen LogP contribution in [-0.4, -0.2) is 23.9 Å². The minimum Gasteiger partial charge on any atom is -0.384 e. The van der Waals surface area contributed by atoms with Gasteiger partial charge >= 0.3 is 6.18 Å². The Morgan fingerprint density at radius 2 is 1.89 bits per heavy atom. The number of halogens is 3. The Balaban J connectivity index is 3.37. The maximum atomic E-state index is 12.6. The predicted octanol–water partition coefficient (Wildman–Crippen LogP) is 2.23. The van der Waals surface area contributed by atoms with Crippen molar-refractivity contribution >= 4 is 11.7 Å². The van der Waals surface area contributed by atoms with E-state index in [0.717, 1.165) is 6.07 Å². The Kier molecular flexibility index (Phi) is 4.15. The second-order valence-electron chi connectivity index (χ2n) is 3.65. The van der Waals surface area contributed by atoms with E-state index in [4.69, 9.17) is 11.1 Å². The number of rotatable bonds is 4. The molecule has 1 heterocycles. The molecule has 100 valence electrons. The summed E-state index contributed by atoms with van der Waals surface area (Å²) in [5.74, 6) is -0.194. The molecular formula is C11H15F3N4. The van der Waals surface area contributed by atoms with E-state index in [1.807, 2.05) is 0 Å². The number of alkyl halides is 3. The second-order valence-corrected chi connectivity index (χ2v) is 3.65. The lowest BCUT2D eigenvalue weighted by Crippen LogP contribution is -2.28. The van der Waals surface area contributed by atoms with Crippen molar-refractivity contribution in [2.75, 3.05) is 18.0 Å². The van der Waals surface area contributed by atoms with Crippen molar-refractivity contribution in [1.29, 1.82) is 5.41 Å². The van der Waals surface area contributed by atoms with Gasteiger partial charge in [0.05, 0.1) is 5.56 Å². The van der Waals surface area contributed by atoms with Crippen LogP contribution in [0.4, 0.5) is 19.0 Å². The first-order chi connectivity index (χ1) is 8.31. The van der Waals surface area contributed by atoms with Crippen molar-refractivity contribution in [3.8, 4) is 0 Å². The summed E-state index contributed by atoms with van der Waals surface area (Å²) >= 11 is 0. The van der Waals surface area contributed by atoms with Gasteiger partial charge in [-0.15, -0.1) is 0 Å². The molecule has 0 amide bonds. The molecule has 0 saturated carbocycles. The zero-order valence-electron chi connectivity index (χ0n) is 10.2. The van der Waals surface area contributed by atoms with Gasteiger partial charge in [0.15, 0.2) is 0 Å². The molecule has 0 saturated heterocycles. The smallest absolute Gasteiger partial charge is 0.384 e. The molecular weight excluding hydrogens is 245 g/mol. The molecule has 0 atom stereocenters. The average Bonchev–Trinajstić information content (AvgIpc) is 2.29. The van der Waals surface area contributed by atoms with Gasteiger partial charge in [0.25, 0.3) is 0 Å². The van der Waals surface area contributed by atoms with Crippen LogP contribution in [0.25, 0.3) is 0 Å². The van der Waals surface area contributed by atoms with Crippen molar-refractivity contribution < 1.29 is 13.2 Å². The number of nitrogens with one attached hydrogen (secondary N) is 1. The van der Waals surface area contributed by atoms with Crippen LogP contribution >= 0.6 is 0 Å². The first-order valence-electron chi connectivity index (χ1n) is 5.48. The van der Waals surface area contributed by atoms with E-state index < -0.39 is 11.9 Å². The monoisotopic (exact) mass is 260 g/mol. The number of anilines is 1. The minimum atomic E-state index is -4.50. The van der Waals surface area contributed by atoms with Crippen LogP contribution in [0.1, 0.15) is 25.1 Å². The molecule has 4 nitrogen and oxygen atoms in total. The van der Waals surface area contributed by atoms with Gasteiger partial charge in [0, 0.05) is 13.1 Å². The van der Waals surface area contributed by atoms with Crippen LogP contribution in [-0.2, 0) is 6.18 Å². The maximum absolute atomic E-state index is 12.6. The number of pyridine rings is 1. The number of nitrogens with two attached hydrogens (primary N) is 1. The van der Waals surface area contributed by atoms with Gasteiger partial charge in [-0.05, 0) is 26.0 Å². The molecule has 18 heavy (non-hydrogen) atoms. The third-order valence-electron chi connectivity index (χ3n) is 2.52. The minimum absolute atomic E-state index is 0.0994. The van der Waals surface area contributed by atoms with Gasteiger partial charge in [-0.1, -0.05) is 0 Å². The van der Waals surface area contributed by atoms with Crippen LogP contribution in [0.5, 0.6) is 0 Å². The molecule has 0 radical (unpaired) electrons.